The first-order chi connectivity index (χ1) is 4.79. The van der Waals surface area contributed by atoms with E-state index >= 15 is 0 Å². The summed E-state index contributed by atoms with van der Waals surface area (Å²) in [6, 6.07) is 0. The zero-order valence-electron chi connectivity index (χ0n) is 5.24. The van der Waals surface area contributed by atoms with Crippen molar-refractivity contribution in [3.05, 3.63) is 12.4 Å². The highest BCUT2D eigenvalue weighted by Crippen LogP contribution is 1.87. The van der Waals surface area contributed by atoms with Crippen LogP contribution in [0.4, 0.5) is 0 Å². The summed E-state index contributed by atoms with van der Waals surface area (Å²) < 4.78 is 20.1. The Morgan fingerprint density at radius 1 is 1.80 bits per heavy atom. The predicted octanol–water partition coefficient (Wildman–Crippen LogP) is -1.34. The van der Waals surface area contributed by atoms with Gasteiger partial charge in [0.05, 0.1) is 6.54 Å². The fourth-order valence-electron chi connectivity index (χ4n) is 0.657. The molecule has 58 valence electrons. The first kappa shape index (κ1) is 7.52. The second kappa shape index (κ2) is 3.55. The molecule has 0 saturated carbocycles. The summed E-state index contributed by atoms with van der Waals surface area (Å²) in [7, 11) is 0. The van der Waals surface area contributed by atoms with Gasteiger partial charge < -0.3 is 14.9 Å². The Balaban J connectivity index is 2.33. The van der Waals surface area contributed by atoms with E-state index in [1.54, 1.807) is 12.4 Å². The van der Waals surface area contributed by atoms with Crippen LogP contribution in [0.25, 0.3) is 0 Å². The van der Waals surface area contributed by atoms with Crippen molar-refractivity contribution in [2.45, 2.75) is 0 Å². The molecule has 10 heavy (non-hydrogen) atoms. The number of nitrogens with one attached hydrogen (secondary N) is 2. The van der Waals surface area contributed by atoms with Crippen molar-refractivity contribution >= 4 is 11.3 Å². The van der Waals surface area contributed by atoms with E-state index in [2.05, 4.69) is 10.1 Å². The molecule has 0 aromatic heterocycles. The monoisotopic (exact) mass is 162 g/mol. The molecule has 0 bridgehead atoms. The van der Waals surface area contributed by atoms with Crippen molar-refractivity contribution in [3.63, 3.8) is 0 Å². The van der Waals surface area contributed by atoms with Crippen LogP contribution >= 0.6 is 0 Å². The van der Waals surface area contributed by atoms with Crippen molar-refractivity contribution in [2.24, 2.45) is 0 Å². The topological polar surface area (TPSA) is 67.4 Å². The molecule has 1 heterocycles. The lowest BCUT2D eigenvalue weighted by atomic mass is 10.5. The van der Waals surface area contributed by atoms with E-state index < -0.39 is 11.3 Å². The lowest BCUT2D eigenvalue weighted by molar-refractivity contribution is 0.317. The lowest BCUT2D eigenvalue weighted by Gasteiger charge is -2.25. The van der Waals surface area contributed by atoms with E-state index in [1.165, 1.54) is 5.01 Å². The molecular weight excluding hydrogens is 154 g/mol. The van der Waals surface area contributed by atoms with Gasteiger partial charge in [-0.3, -0.25) is 4.21 Å². The Kier molecular flexibility index (Phi) is 2.67. The molecule has 0 aromatic rings. The van der Waals surface area contributed by atoms with Crippen molar-refractivity contribution in [3.8, 4) is 0 Å². The van der Waals surface area contributed by atoms with E-state index in [0.29, 0.717) is 6.54 Å². The van der Waals surface area contributed by atoms with Crippen LogP contribution in [-0.4, -0.2) is 26.9 Å². The van der Waals surface area contributed by atoms with Gasteiger partial charge in [0.25, 0.3) is 0 Å². The van der Waals surface area contributed by atoms with Crippen molar-refractivity contribution < 1.29 is 8.76 Å². The van der Waals surface area contributed by atoms with Crippen molar-refractivity contribution in [2.75, 3.05) is 13.1 Å². The Morgan fingerprint density at radius 3 is 3.10 bits per heavy atom. The van der Waals surface area contributed by atoms with Crippen LogP contribution < -0.4 is 10.1 Å². The normalized spacial score (nSPS) is 20.3. The largest absolute Gasteiger partial charge is 0.759 e. The molecule has 0 aliphatic carbocycles. The van der Waals surface area contributed by atoms with Crippen LogP contribution in [0.2, 0.25) is 0 Å². The Hall–Kier alpha value is -0.590. The highest BCUT2D eigenvalue weighted by atomic mass is 32.2. The van der Waals surface area contributed by atoms with Gasteiger partial charge in [0.1, 0.15) is 0 Å². The van der Waals surface area contributed by atoms with Gasteiger partial charge >= 0.3 is 0 Å². The summed E-state index contributed by atoms with van der Waals surface area (Å²) in [5.74, 6) is 0. The van der Waals surface area contributed by atoms with Gasteiger partial charge in [0.15, 0.2) is 0 Å². The van der Waals surface area contributed by atoms with Gasteiger partial charge in [-0.05, 0) is 0 Å². The zero-order chi connectivity index (χ0) is 7.40. The Bertz CT molecular complexity index is 161. The average Bonchev–Trinajstić information content (AvgIpc) is 1.88. The van der Waals surface area contributed by atoms with Crippen LogP contribution in [0.5, 0.6) is 0 Å². The van der Waals surface area contributed by atoms with E-state index in [0.717, 1.165) is 6.54 Å². The minimum atomic E-state index is -2.22. The first-order valence-electron chi connectivity index (χ1n) is 2.81. The Morgan fingerprint density at radius 2 is 2.60 bits per heavy atom. The first-order valence-corrected chi connectivity index (χ1v) is 3.89. The molecule has 6 heteroatoms. The Labute approximate surface area is 61.5 Å². The quantitative estimate of drug-likeness (QED) is 0.493. The summed E-state index contributed by atoms with van der Waals surface area (Å²) in [6.45, 7) is 1.39. The molecule has 1 atom stereocenters. The second-order valence-corrected chi connectivity index (χ2v) is 2.44. The van der Waals surface area contributed by atoms with Gasteiger partial charge in [0.2, 0.25) is 0 Å². The molecule has 0 fully saturated rings. The van der Waals surface area contributed by atoms with Crippen molar-refractivity contribution in [1.29, 1.82) is 0 Å². The fraction of sp³-hybridized carbons (Fsp3) is 0.500. The molecule has 0 aromatic carbocycles. The third kappa shape index (κ3) is 2.34. The van der Waals surface area contributed by atoms with Crippen LogP contribution in [0.3, 0.4) is 0 Å². The molecule has 2 N–H and O–H groups in total. The highest BCUT2D eigenvalue weighted by Gasteiger charge is 1.99. The van der Waals surface area contributed by atoms with Gasteiger partial charge in [-0.25, -0.2) is 0 Å². The zero-order valence-corrected chi connectivity index (χ0v) is 6.06. The summed E-state index contributed by atoms with van der Waals surface area (Å²) in [6.07, 6.45) is 3.31. The number of hydrazine groups is 1. The summed E-state index contributed by atoms with van der Waals surface area (Å²) in [5, 5.41) is 4.41. The molecule has 1 rings (SSSR count). The number of hydrogen-bond acceptors (Lipinski definition) is 4. The van der Waals surface area contributed by atoms with Crippen LogP contribution in [-0.2, 0) is 11.3 Å². The molecule has 0 amide bonds. The standard InChI is InChI=1S/C4H9N3O2S/c8-10(9)6-7-3-1-5-2-4-7/h1,3,5-6H,2,4H2,(H,8,9)/p-1. The summed E-state index contributed by atoms with van der Waals surface area (Å²) in [5.41, 5.74) is 0. The molecule has 0 spiro atoms. The maximum absolute atomic E-state index is 10.1. The van der Waals surface area contributed by atoms with E-state index in [-0.39, 0.29) is 0 Å². The van der Waals surface area contributed by atoms with Crippen LogP contribution in [0, 0.1) is 0 Å². The number of nitrogens with zero attached hydrogens (tertiary/aromatic N) is 1. The van der Waals surface area contributed by atoms with Gasteiger partial charge in [-0.1, -0.05) is 0 Å². The predicted molar refractivity (Wildman–Crippen MR) is 35.9 cm³/mol. The van der Waals surface area contributed by atoms with Crippen LogP contribution in [0.1, 0.15) is 0 Å². The van der Waals surface area contributed by atoms with E-state index in [1.807, 2.05) is 0 Å². The summed E-state index contributed by atoms with van der Waals surface area (Å²) >= 11 is -2.22. The smallest absolute Gasteiger partial charge is 0.0520 e. The maximum Gasteiger partial charge on any atom is 0.0520 e. The van der Waals surface area contributed by atoms with E-state index in [4.69, 9.17) is 0 Å². The molecule has 5 nitrogen and oxygen atoms in total. The lowest BCUT2D eigenvalue weighted by Crippen LogP contribution is -2.41. The van der Waals surface area contributed by atoms with E-state index in [9.17, 15) is 8.76 Å². The SMILES string of the molecule is O=S([O-])NN1C=CNCC1. The number of rotatable bonds is 2. The second-order valence-electron chi connectivity index (χ2n) is 1.79. The number of hydrogen-bond donors (Lipinski definition) is 2. The van der Waals surface area contributed by atoms with Crippen LogP contribution in [0.15, 0.2) is 12.4 Å². The van der Waals surface area contributed by atoms with Gasteiger partial charge in [-0.15, -0.1) is 0 Å². The molecular formula is C4H8N3O2S-. The molecule has 1 unspecified atom stereocenters. The average molecular weight is 162 g/mol. The summed E-state index contributed by atoms with van der Waals surface area (Å²) in [4.78, 5) is 2.20. The highest BCUT2D eigenvalue weighted by molar-refractivity contribution is 7.76. The molecule has 0 saturated heterocycles. The van der Waals surface area contributed by atoms with Crippen molar-refractivity contribution in [1.82, 2.24) is 15.2 Å². The molecule has 1 aliphatic heterocycles. The fourth-order valence-corrected chi connectivity index (χ4v) is 1.00. The molecule has 0 radical (unpaired) electrons. The third-order valence-corrected chi connectivity index (χ3v) is 1.44. The minimum absolute atomic E-state index is 0.643. The third-order valence-electron chi connectivity index (χ3n) is 1.06. The molecule has 1 aliphatic rings. The maximum atomic E-state index is 10.1. The van der Waals surface area contributed by atoms with Gasteiger partial charge in [-0.2, -0.15) is 4.83 Å². The minimum Gasteiger partial charge on any atom is -0.759 e. The van der Waals surface area contributed by atoms with Gasteiger partial charge in [0, 0.05) is 30.2 Å².